The fourth-order valence-corrected chi connectivity index (χ4v) is 5.18. The molecule has 218 valence electrons. The molecule has 0 amide bonds. The standard InChI is InChI=1S/C32H20F6N2O3/c1-17-3-5-19(6-4-17)28(41)20-7-9-21(10-8-20)29-40-25-16-23(12-14-27(25)43-29)30(31(33,34)35,32(36,37)38)22-11-13-26-24(15-22)39-18(2)42-26/h3-16H,1-2H3. The Hall–Kier alpha value is -4.93. The number of ketones is 1. The molecule has 4 aromatic carbocycles. The van der Waals surface area contributed by atoms with Crippen LogP contribution in [0.5, 0.6) is 0 Å². The molecule has 0 saturated heterocycles. The summed E-state index contributed by atoms with van der Waals surface area (Å²) in [5.74, 6) is -0.158. The van der Waals surface area contributed by atoms with Crippen molar-refractivity contribution >= 4 is 28.0 Å². The highest BCUT2D eigenvalue weighted by Crippen LogP contribution is 2.56. The molecule has 11 heteroatoms. The Morgan fingerprint density at radius 1 is 0.628 bits per heavy atom. The molecule has 2 aromatic heterocycles. The Bertz CT molecular complexity index is 1970. The van der Waals surface area contributed by atoms with Crippen LogP contribution < -0.4 is 0 Å². The van der Waals surface area contributed by atoms with Crippen molar-refractivity contribution in [1.82, 2.24) is 9.97 Å². The number of hydrogen-bond donors (Lipinski definition) is 0. The van der Waals surface area contributed by atoms with E-state index in [0.717, 1.165) is 42.0 Å². The van der Waals surface area contributed by atoms with Gasteiger partial charge in [-0.15, -0.1) is 0 Å². The summed E-state index contributed by atoms with van der Waals surface area (Å²) in [6.45, 7) is 3.34. The van der Waals surface area contributed by atoms with E-state index in [1.807, 2.05) is 19.1 Å². The highest BCUT2D eigenvalue weighted by atomic mass is 19.4. The van der Waals surface area contributed by atoms with E-state index >= 15 is 0 Å². The Labute approximate surface area is 239 Å². The van der Waals surface area contributed by atoms with E-state index in [1.54, 1.807) is 12.1 Å². The molecule has 0 aliphatic heterocycles. The second-order valence-corrected chi connectivity index (χ2v) is 10.1. The maximum absolute atomic E-state index is 14.7. The van der Waals surface area contributed by atoms with E-state index in [-0.39, 0.29) is 39.8 Å². The summed E-state index contributed by atoms with van der Waals surface area (Å²) in [5.41, 5.74) is -4.60. The number of halogens is 6. The molecule has 5 nitrogen and oxygen atoms in total. The largest absolute Gasteiger partial charge is 0.441 e. The van der Waals surface area contributed by atoms with Gasteiger partial charge in [-0.25, -0.2) is 9.97 Å². The lowest BCUT2D eigenvalue weighted by atomic mass is 9.72. The van der Waals surface area contributed by atoms with Crippen LogP contribution in [0.2, 0.25) is 0 Å². The minimum absolute atomic E-state index is 0.0145. The highest BCUT2D eigenvalue weighted by molar-refractivity contribution is 6.09. The van der Waals surface area contributed by atoms with Crippen LogP contribution in [0.1, 0.15) is 38.5 Å². The lowest BCUT2D eigenvalue weighted by molar-refractivity contribution is -0.288. The fraction of sp³-hybridized carbons (Fsp3) is 0.156. The summed E-state index contributed by atoms with van der Waals surface area (Å²) in [4.78, 5) is 20.9. The van der Waals surface area contributed by atoms with Crippen LogP contribution in [0.4, 0.5) is 26.3 Å². The first kappa shape index (κ1) is 28.2. The number of aryl methyl sites for hydroxylation is 2. The van der Waals surface area contributed by atoms with Gasteiger partial charge in [0.1, 0.15) is 11.0 Å². The van der Waals surface area contributed by atoms with Crippen molar-refractivity contribution in [3.05, 3.63) is 119 Å². The lowest BCUT2D eigenvalue weighted by Crippen LogP contribution is -2.54. The van der Waals surface area contributed by atoms with Crippen LogP contribution in [0.25, 0.3) is 33.7 Å². The second-order valence-electron chi connectivity index (χ2n) is 10.1. The molecule has 0 radical (unpaired) electrons. The van der Waals surface area contributed by atoms with Gasteiger partial charge in [-0.05, 0) is 54.4 Å². The minimum Gasteiger partial charge on any atom is -0.441 e. The van der Waals surface area contributed by atoms with Crippen LogP contribution in [0.3, 0.4) is 0 Å². The smallest absolute Gasteiger partial charge is 0.411 e. The maximum Gasteiger partial charge on any atom is 0.411 e. The van der Waals surface area contributed by atoms with Crippen molar-refractivity contribution in [3.63, 3.8) is 0 Å². The average Bonchev–Trinajstić information content (AvgIpc) is 3.54. The van der Waals surface area contributed by atoms with Gasteiger partial charge in [0.05, 0.1) is 0 Å². The van der Waals surface area contributed by atoms with Gasteiger partial charge in [0, 0.05) is 23.6 Å². The Balaban J connectivity index is 1.42. The van der Waals surface area contributed by atoms with E-state index in [4.69, 9.17) is 8.83 Å². The summed E-state index contributed by atoms with van der Waals surface area (Å²) in [6, 6.07) is 18.2. The molecule has 0 fully saturated rings. The molecular weight excluding hydrogens is 574 g/mol. The van der Waals surface area contributed by atoms with Gasteiger partial charge < -0.3 is 8.83 Å². The maximum atomic E-state index is 14.7. The first-order chi connectivity index (χ1) is 20.3. The zero-order valence-electron chi connectivity index (χ0n) is 22.5. The van der Waals surface area contributed by atoms with Gasteiger partial charge in [-0.1, -0.05) is 54.1 Å². The summed E-state index contributed by atoms with van der Waals surface area (Å²) < 4.78 is 99.3. The molecule has 0 unspecified atom stereocenters. The van der Waals surface area contributed by atoms with Crippen LogP contribution in [-0.2, 0) is 5.41 Å². The predicted octanol–water partition coefficient (Wildman–Crippen LogP) is 8.89. The molecule has 0 bridgehead atoms. The van der Waals surface area contributed by atoms with Crippen molar-refractivity contribution in [2.24, 2.45) is 0 Å². The Kier molecular flexibility index (Phi) is 6.44. The van der Waals surface area contributed by atoms with Crippen molar-refractivity contribution in [2.75, 3.05) is 0 Å². The number of carbonyl (C=O) groups is 1. The number of aromatic nitrogens is 2. The van der Waals surface area contributed by atoms with Gasteiger partial charge in [0.25, 0.3) is 0 Å². The predicted molar refractivity (Wildman–Crippen MR) is 146 cm³/mol. The van der Waals surface area contributed by atoms with E-state index in [1.165, 1.54) is 31.2 Å². The third-order valence-corrected chi connectivity index (χ3v) is 7.31. The fourth-order valence-electron chi connectivity index (χ4n) is 5.18. The SMILES string of the molecule is Cc1ccc(C(=O)c2ccc(-c3nc4cc(C(c5ccc6oc(C)nc6c5)(C(F)(F)F)C(F)(F)F)ccc4o3)cc2)cc1. The monoisotopic (exact) mass is 594 g/mol. The van der Waals surface area contributed by atoms with Crippen LogP contribution >= 0.6 is 0 Å². The van der Waals surface area contributed by atoms with Crippen molar-refractivity contribution < 1.29 is 40.0 Å². The molecule has 0 aliphatic rings. The number of carbonyl (C=O) groups excluding carboxylic acids is 1. The molecule has 0 aliphatic carbocycles. The second kappa shape index (κ2) is 9.82. The minimum atomic E-state index is -5.79. The third kappa shape index (κ3) is 4.65. The summed E-state index contributed by atoms with van der Waals surface area (Å²) >= 11 is 0. The summed E-state index contributed by atoms with van der Waals surface area (Å²) in [6.07, 6.45) is -11.6. The molecule has 0 saturated carbocycles. The van der Waals surface area contributed by atoms with Gasteiger partial charge in [-0.3, -0.25) is 4.79 Å². The highest BCUT2D eigenvalue weighted by Gasteiger charge is 2.72. The van der Waals surface area contributed by atoms with Gasteiger partial charge >= 0.3 is 12.4 Å². The molecule has 6 aromatic rings. The molecular formula is C32H20F6N2O3. The number of fused-ring (bicyclic) bond motifs is 2. The zero-order valence-corrected chi connectivity index (χ0v) is 22.5. The molecule has 0 atom stereocenters. The molecule has 6 rings (SSSR count). The van der Waals surface area contributed by atoms with Crippen LogP contribution in [-0.4, -0.2) is 28.1 Å². The van der Waals surface area contributed by atoms with Gasteiger partial charge in [0.2, 0.25) is 11.3 Å². The van der Waals surface area contributed by atoms with Gasteiger partial charge in [-0.2, -0.15) is 26.3 Å². The number of nitrogens with zero attached hydrogens (tertiary/aromatic N) is 2. The molecule has 0 N–H and O–H groups in total. The lowest BCUT2D eigenvalue weighted by Gasteiger charge is -2.38. The van der Waals surface area contributed by atoms with Crippen LogP contribution in [0, 0.1) is 13.8 Å². The number of oxazole rings is 2. The average molecular weight is 595 g/mol. The van der Waals surface area contributed by atoms with E-state index in [2.05, 4.69) is 9.97 Å². The summed E-state index contributed by atoms with van der Waals surface area (Å²) in [7, 11) is 0. The first-order valence-electron chi connectivity index (χ1n) is 12.9. The third-order valence-electron chi connectivity index (χ3n) is 7.31. The van der Waals surface area contributed by atoms with E-state index in [9.17, 15) is 31.1 Å². The van der Waals surface area contributed by atoms with Crippen molar-refractivity contribution in [2.45, 2.75) is 31.6 Å². The topological polar surface area (TPSA) is 69.1 Å². The van der Waals surface area contributed by atoms with Crippen LogP contribution in [0.15, 0.2) is 93.8 Å². The quantitative estimate of drug-likeness (QED) is 0.147. The number of benzene rings is 4. The van der Waals surface area contributed by atoms with Gasteiger partial charge in [0.15, 0.2) is 22.8 Å². The summed E-state index contributed by atoms with van der Waals surface area (Å²) in [5, 5.41) is 0. The zero-order chi connectivity index (χ0) is 30.7. The van der Waals surface area contributed by atoms with Crippen molar-refractivity contribution in [3.8, 4) is 11.5 Å². The Morgan fingerprint density at radius 3 is 1.65 bits per heavy atom. The normalized spacial score (nSPS) is 12.7. The molecule has 0 spiro atoms. The van der Waals surface area contributed by atoms with Crippen molar-refractivity contribution in [1.29, 1.82) is 0 Å². The molecule has 2 heterocycles. The number of hydrogen-bond acceptors (Lipinski definition) is 5. The number of alkyl halides is 6. The van der Waals surface area contributed by atoms with E-state index in [0.29, 0.717) is 16.7 Å². The number of rotatable bonds is 5. The first-order valence-corrected chi connectivity index (χ1v) is 12.9. The van der Waals surface area contributed by atoms with E-state index < -0.39 is 28.9 Å². The molecule has 43 heavy (non-hydrogen) atoms. The Morgan fingerprint density at radius 2 is 1.12 bits per heavy atom.